The Balaban J connectivity index is 2.18. The van der Waals surface area contributed by atoms with Gasteiger partial charge in [-0.25, -0.2) is 0 Å². The molecule has 0 spiro atoms. The van der Waals surface area contributed by atoms with Gasteiger partial charge in [0.2, 0.25) is 0 Å². The third-order valence-corrected chi connectivity index (χ3v) is 5.04. The van der Waals surface area contributed by atoms with Crippen LogP contribution in [-0.4, -0.2) is 12.1 Å². The van der Waals surface area contributed by atoms with Crippen molar-refractivity contribution in [3.63, 3.8) is 0 Å². The zero-order chi connectivity index (χ0) is 15.2. The average Bonchev–Trinajstić information content (AvgIpc) is 2.53. The van der Waals surface area contributed by atoms with Crippen molar-refractivity contribution in [1.82, 2.24) is 0 Å². The Labute approximate surface area is 130 Å². The quantitative estimate of drug-likeness (QED) is 0.819. The molecule has 2 heteroatoms. The van der Waals surface area contributed by atoms with E-state index in [-0.39, 0.29) is 12.1 Å². The van der Waals surface area contributed by atoms with E-state index in [0.29, 0.717) is 12.0 Å². The zero-order valence-electron chi connectivity index (χ0n) is 13.8. The zero-order valence-corrected chi connectivity index (χ0v) is 13.8. The molecule has 1 aromatic carbocycles. The van der Waals surface area contributed by atoms with Crippen molar-refractivity contribution in [3.8, 4) is 0 Å². The van der Waals surface area contributed by atoms with Crippen molar-refractivity contribution in [2.75, 3.05) is 0 Å². The van der Waals surface area contributed by atoms with Gasteiger partial charge in [0.1, 0.15) is 0 Å². The van der Waals surface area contributed by atoms with E-state index < -0.39 is 0 Å². The molecule has 1 saturated carbocycles. The van der Waals surface area contributed by atoms with Crippen LogP contribution in [0.4, 0.5) is 0 Å². The first-order valence-corrected chi connectivity index (χ1v) is 8.63. The summed E-state index contributed by atoms with van der Waals surface area (Å²) in [6.45, 7) is 6.60. The highest BCUT2D eigenvalue weighted by atomic mass is 16.5. The van der Waals surface area contributed by atoms with Gasteiger partial charge in [0, 0.05) is 6.04 Å². The lowest BCUT2D eigenvalue weighted by atomic mass is 9.84. The van der Waals surface area contributed by atoms with E-state index in [9.17, 15) is 0 Å². The highest BCUT2D eigenvalue weighted by Crippen LogP contribution is 2.35. The molecule has 2 nitrogen and oxygen atoms in total. The fourth-order valence-electron chi connectivity index (χ4n) is 3.53. The maximum atomic E-state index is 6.59. The van der Waals surface area contributed by atoms with E-state index in [0.717, 1.165) is 6.42 Å². The second-order valence-corrected chi connectivity index (χ2v) is 6.48. The first kappa shape index (κ1) is 16.5. The Morgan fingerprint density at radius 2 is 1.90 bits per heavy atom. The average molecular weight is 289 g/mol. The summed E-state index contributed by atoms with van der Waals surface area (Å²) in [4.78, 5) is 0. The summed E-state index contributed by atoms with van der Waals surface area (Å²) in [5.41, 5.74) is 8.96. The smallest absolute Gasteiger partial charge is 0.0982 e. The summed E-state index contributed by atoms with van der Waals surface area (Å²) < 4.78 is 6.59. The Morgan fingerprint density at radius 1 is 1.19 bits per heavy atom. The molecule has 0 aliphatic heterocycles. The van der Waals surface area contributed by atoms with Crippen molar-refractivity contribution >= 4 is 0 Å². The van der Waals surface area contributed by atoms with Crippen molar-refractivity contribution in [1.29, 1.82) is 0 Å². The van der Waals surface area contributed by atoms with Crippen LogP contribution in [0.5, 0.6) is 0 Å². The molecular weight excluding hydrogens is 258 g/mol. The molecule has 0 aromatic heterocycles. The van der Waals surface area contributed by atoms with Crippen LogP contribution in [0.25, 0.3) is 0 Å². The number of hydrogen-bond acceptors (Lipinski definition) is 2. The maximum Gasteiger partial charge on any atom is 0.0982 e. The Kier molecular flexibility index (Phi) is 6.25. The Hall–Kier alpha value is -0.860. The number of ether oxygens (including phenoxy) is 1. The molecule has 1 fully saturated rings. The van der Waals surface area contributed by atoms with Gasteiger partial charge in [0.25, 0.3) is 0 Å². The van der Waals surface area contributed by atoms with E-state index in [4.69, 9.17) is 10.5 Å². The molecule has 0 heterocycles. The lowest BCUT2D eigenvalue weighted by Gasteiger charge is -2.36. The van der Waals surface area contributed by atoms with Gasteiger partial charge >= 0.3 is 0 Å². The van der Waals surface area contributed by atoms with Crippen LogP contribution in [0.2, 0.25) is 0 Å². The fourth-order valence-corrected chi connectivity index (χ4v) is 3.53. The molecule has 1 aliphatic carbocycles. The van der Waals surface area contributed by atoms with Gasteiger partial charge in [0.05, 0.1) is 12.2 Å². The van der Waals surface area contributed by atoms with Crippen LogP contribution in [0, 0.1) is 12.8 Å². The molecular formula is C19H31NO. The molecule has 2 rings (SSSR count). The summed E-state index contributed by atoms with van der Waals surface area (Å²) in [6, 6.07) is 8.60. The molecule has 1 aliphatic rings. The number of nitrogens with two attached hydrogens (primary N) is 1. The van der Waals surface area contributed by atoms with Crippen LogP contribution in [-0.2, 0) is 4.74 Å². The SMILES string of the molecule is CCC(N)C(OC1CCCCC1CC)c1ccccc1C. The van der Waals surface area contributed by atoms with Crippen LogP contribution in [0.1, 0.15) is 69.6 Å². The number of hydrogen-bond donors (Lipinski definition) is 1. The van der Waals surface area contributed by atoms with Crippen molar-refractivity contribution < 1.29 is 4.74 Å². The molecule has 4 unspecified atom stereocenters. The fraction of sp³-hybridized carbons (Fsp3) is 0.684. The lowest BCUT2D eigenvalue weighted by Crippen LogP contribution is -2.36. The molecule has 0 amide bonds. The largest absolute Gasteiger partial charge is 0.368 e. The van der Waals surface area contributed by atoms with Gasteiger partial charge in [-0.05, 0) is 43.2 Å². The monoisotopic (exact) mass is 289 g/mol. The highest BCUT2D eigenvalue weighted by molar-refractivity contribution is 5.28. The third kappa shape index (κ3) is 4.08. The van der Waals surface area contributed by atoms with E-state index in [1.807, 2.05) is 0 Å². The standard InChI is InChI=1S/C19H31NO/c1-4-15-11-7-9-13-18(15)21-19(17(20)5-2)16-12-8-6-10-14(16)3/h6,8,10,12,15,17-19H,4-5,7,9,11,13,20H2,1-3H3. The second kappa shape index (κ2) is 7.95. The van der Waals surface area contributed by atoms with Gasteiger partial charge in [-0.15, -0.1) is 0 Å². The molecule has 4 atom stereocenters. The minimum Gasteiger partial charge on any atom is -0.368 e. The van der Waals surface area contributed by atoms with Gasteiger partial charge in [-0.3, -0.25) is 0 Å². The molecule has 118 valence electrons. The highest BCUT2D eigenvalue weighted by Gasteiger charge is 2.30. The molecule has 0 bridgehead atoms. The predicted molar refractivity (Wildman–Crippen MR) is 89.3 cm³/mol. The molecule has 0 radical (unpaired) electrons. The molecule has 21 heavy (non-hydrogen) atoms. The van der Waals surface area contributed by atoms with Crippen molar-refractivity contribution in [2.24, 2.45) is 11.7 Å². The van der Waals surface area contributed by atoms with Crippen LogP contribution < -0.4 is 5.73 Å². The third-order valence-electron chi connectivity index (χ3n) is 5.04. The van der Waals surface area contributed by atoms with Gasteiger partial charge < -0.3 is 10.5 Å². The molecule has 2 N–H and O–H groups in total. The summed E-state index contributed by atoms with van der Waals surface area (Å²) in [5.74, 6) is 0.703. The van der Waals surface area contributed by atoms with Crippen LogP contribution in [0.3, 0.4) is 0 Å². The first-order chi connectivity index (χ1) is 10.2. The van der Waals surface area contributed by atoms with Crippen molar-refractivity contribution in [2.45, 2.75) is 77.5 Å². The van der Waals surface area contributed by atoms with E-state index >= 15 is 0 Å². The summed E-state index contributed by atoms with van der Waals surface area (Å²) >= 11 is 0. The minimum atomic E-state index is 0.0355. The lowest BCUT2D eigenvalue weighted by molar-refractivity contribution is -0.0727. The van der Waals surface area contributed by atoms with Gasteiger partial charge in [-0.1, -0.05) is 57.4 Å². The number of aryl methyl sites for hydroxylation is 1. The van der Waals surface area contributed by atoms with Crippen LogP contribution >= 0.6 is 0 Å². The van der Waals surface area contributed by atoms with Gasteiger partial charge in [-0.2, -0.15) is 0 Å². The van der Waals surface area contributed by atoms with E-state index in [1.54, 1.807) is 0 Å². The normalized spacial score (nSPS) is 25.5. The van der Waals surface area contributed by atoms with E-state index in [1.165, 1.54) is 43.2 Å². The minimum absolute atomic E-state index is 0.0355. The number of benzene rings is 1. The van der Waals surface area contributed by atoms with Crippen LogP contribution in [0.15, 0.2) is 24.3 Å². The summed E-state index contributed by atoms with van der Waals surface area (Å²) in [5, 5.41) is 0. The number of rotatable bonds is 6. The topological polar surface area (TPSA) is 35.2 Å². The van der Waals surface area contributed by atoms with E-state index in [2.05, 4.69) is 45.0 Å². The predicted octanol–water partition coefficient (Wildman–Crippen LogP) is 4.76. The maximum absolute atomic E-state index is 6.59. The van der Waals surface area contributed by atoms with Crippen molar-refractivity contribution in [3.05, 3.63) is 35.4 Å². The molecule has 1 aromatic rings. The Morgan fingerprint density at radius 3 is 2.57 bits per heavy atom. The second-order valence-electron chi connectivity index (χ2n) is 6.48. The Bertz CT molecular complexity index is 431. The first-order valence-electron chi connectivity index (χ1n) is 8.63. The summed E-state index contributed by atoms with van der Waals surface area (Å²) in [7, 11) is 0. The summed E-state index contributed by atoms with van der Waals surface area (Å²) in [6.07, 6.45) is 7.73. The molecule has 0 saturated heterocycles. The van der Waals surface area contributed by atoms with Gasteiger partial charge in [0.15, 0.2) is 0 Å².